The van der Waals surface area contributed by atoms with E-state index in [1.165, 1.54) is 6.92 Å². The van der Waals surface area contributed by atoms with E-state index in [0.29, 0.717) is 13.1 Å². The van der Waals surface area contributed by atoms with Crippen LogP contribution in [0, 0.1) is 5.21 Å². The molecule has 1 N–H and O–H groups in total. The second-order valence-corrected chi connectivity index (χ2v) is 2.22. The molecule has 0 aromatic rings. The van der Waals surface area contributed by atoms with E-state index in [9.17, 15) is 5.21 Å². The van der Waals surface area contributed by atoms with Crippen LogP contribution in [-0.2, 0) is 0 Å². The van der Waals surface area contributed by atoms with E-state index in [4.69, 9.17) is 5.11 Å². The van der Waals surface area contributed by atoms with Crippen molar-refractivity contribution in [1.29, 1.82) is 0 Å². The monoisotopic (exact) mass is 133 g/mol. The van der Waals surface area contributed by atoms with Gasteiger partial charge in [-0.15, -0.1) is 0 Å². The minimum Gasteiger partial charge on any atom is -0.631 e. The summed E-state index contributed by atoms with van der Waals surface area (Å²) in [7, 11) is 0. The third-order valence-corrected chi connectivity index (χ3v) is 1.75. The van der Waals surface area contributed by atoms with Gasteiger partial charge in [-0.1, -0.05) is 0 Å². The lowest BCUT2D eigenvalue weighted by Crippen LogP contribution is -2.48. The van der Waals surface area contributed by atoms with Crippen LogP contribution in [-0.4, -0.2) is 29.1 Å². The fourth-order valence-electron chi connectivity index (χ4n) is 0.752. The first-order valence-corrected chi connectivity index (χ1v) is 3.32. The van der Waals surface area contributed by atoms with Gasteiger partial charge in [-0.25, -0.2) is 0 Å². The number of hydroxylamine groups is 3. The molecule has 1 unspecified atom stereocenters. The van der Waals surface area contributed by atoms with Crippen molar-refractivity contribution in [2.45, 2.75) is 27.0 Å². The number of rotatable bonds is 3. The molecule has 9 heavy (non-hydrogen) atoms. The Morgan fingerprint density at radius 3 is 1.78 bits per heavy atom. The van der Waals surface area contributed by atoms with Crippen LogP contribution in [0.3, 0.4) is 0 Å². The normalized spacial score (nSPS) is 15.7. The molecule has 0 saturated heterocycles. The number of hydrogen-bond acceptors (Lipinski definition) is 2. The second kappa shape index (κ2) is 3.15. The van der Waals surface area contributed by atoms with Crippen LogP contribution in [0.25, 0.3) is 0 Å². The highest BCUT2D eigenvalue weighted by molar-refractivity contribution is 4.37. The zero-order valence-electron chi connectivity index (χ0n) is 6.29. The molecule has 0 aromatic heterocycles. The average molecular weight is 133 g/mol. The third-order valence-electron chi connectivity index (χ3n) is 1.75. The fraction of sp³-hybridized carbons (Fsp3) is 1.00. The van der Waals surface area contributed by atoms with Gasteiger partial charge in [-0.05, 0) is 13.8 Å². The van der Waals surface area contributed by atoms with Gasteiger partial charge >= 0.3 is 0 Å². The van der Waals surface area contributed by atoms with Crippen molar-refractivity contribution in [1.82, 2.24) is 0 Å². The molecule has 0 rings (SSSR count). The number of aliphatic hydroxyl groups is 1. The Balaban J connectivity index is 3.92. The molecule has 56 valence electrons. The van der Waals surface area contributed by atoms with Gasteiger partial charge in [-0.3, -0.25) is 0 Å². The summed E-state index contributed by atoms with van der Waals surface area (Å²) in [6, 6.07) is 0. The van der Waals surface area contributed by atoms with Gasteiger partial charge in [0.2, 0.25) is 0 Å². The summed E-state index contributed by atoms with van der Waals surface area (Å²) < 4.78 is -0.500. The average Bonchev–Trinajstić information content (AvgIpc) is 1.86. The topological polar surface area (TPSA) is 43.3 Å². The van der Waals surface area contributed by atoms with E-state index >= 15 is 0 Å². The summed E-state index contributed by atoms with van der Waals surface area (Å²) in [4.78, 5) is 0. The maximum atomic E-state index is 11.2. The molecule has 0 spiro atoms. The largest absolute Gasteiger partial charge is 0.631 e. The van der Waals surface area contributed by atoms with Gasteiger partial charge in [0.25, 0.3) is 0 Å². The minimum atomic E-state index is -0.792. The van der Waals surface area contributed by atoms with Crippen LogP contribution in [0.2, 0.25) is 0 Å². The summed E-state index contributed by atoms with van der Waals surface area (Å²) in [5.74, 6) is 0. The maximum Gasteiger partial charge on any atom is 0.187 e. The quantitative estimate of drug-likeness (QED) is 0.349. The lowest BCUT2D eigenvalue weighted by molar-refractivity contribution is -0.921. The Morgan fingerprint density at radius 1 is 1.44 bits per heavy atom. The highest BCUT2D eigenvalue weighted by Gasteiger charge is 2.16. The molecule has 0 radical (unpaired) electrons. The summed E-state index contributed by atoms with van der Waals surface area (Å²) in [5, 5.41) is 20.2. The zero-order chi connectivity index (χ0) is 7.49. The molecule has 0 aliphatic carbocycles. The predicted octanol–water partition coefficient (Wildman–Crippen LogP) is 0.679. The smallest absolute Gasteiger partial charge is 0.187 e. The lowest BCUT2D eigenvalue weighted by atomic mass is 10.4. The van der Waals surface area contributed by atoms with Crippen LogP contribution in [0.4, 0.5) is 0 Å². The molecule has 0 aliphatic rings. The van der Waals surface area contributed by atoms with Gasteiger partial charge in [-0.2, -0.15) is 0 Å². The zero-order valence-corrected chi connectivity index (χ0v) is 6.29. The van der Waals surface area contributed by atoms with E-state index in [2.05, 4.69) is 0 Å². The maximum absolute atomic E-state index is 11.2. The van der Waals surface area contributed by atoms with Crippen molar-refractivity contribution in [3.05, 3.63) is 5.21 Å². The van der Waals surface area contributed by atoms with Crippen molar-refractivity contribution in [3.63, 3.8) is 0 Å². The van der Waals surface area contributed by atoms with Crippen molar-refractivity contribution in [2.24, 2.45) is 0 Å². The summed E-state index contributed by atoms with van der Waals surface area (Å²) in [6.07, 6.45) is -0.792. The predicted molar refractivity (Wildman–Crippen MR) is 36.4 cm³/mol. The molecule has 0 heterocycles. The van der Waals surface area contributed by atoms with Gasteiger partial charge in [0.1, 0.15) is 0 Å². The van der Waals surface area contributed by atoms with E-state index in [1.807, 2.05) is 0 Å². The van der Waals surface area contributed by atoms with Crippen LogP contribution in [0.5, 0.6) is 0 Å². The molecule has 0 amide bonds. The lowest BCUT2D eigenvalue weighted by Gasteiger charge is -2.43. The van der Waals surface area contributed by atoms with E-state index < -0.39 is 10.9 Å². The van der Waals surface area contributed by atoms with Crippen LogP contribution < -0.4 is 0 Å². The van der Waals surface area contributed by atoms with Gasteiger partial charge in [0, 0.05) is 6.92 Å². The van der Waals surface area contributed by atoms with Crippen LogP contribution >= 0.6 is 0 Å². The molecule has 0 aliphatic heterocycles. The molecule has 0 bridgehead atoms. The number of quaternary nitrogens is 1. The SMILES string of the molecule is CC[N+]([O-])(CC)C(C)O. The van der Waals surface area contributed by atoms with Gasteiger partial charge in [0.15, 0.2) is 6.23 Å². The molecule has 3 nitrogen and oxygen atoms in total. The van der Waals surface area contributed by atoms with E-state index in [0.717, 1.165) is 0 Å². The molecule has 0 aromatic carbocycles. The molecule has 0 fully saturated rings. The Hall–Kier alpha value is -0.120. The van der Waals surface area contributed by atoms with Crippen LogP contribution in [0.15, 0.2) is 0 Å². The minimum absolute atomic E-state index is 0.439. The molecular formula is C6H15NO2. The second-order valence-electron chi connectivity index (χ2n) is 2.22. The highest BCUT2D eigenvalue weighted by atomic mass is 16.6. The highest BCUT2D eigenvalue weighted by Crippen LogP contribution is 2.06. The van der Waals surface area contributed by atoms with Crippen molar-refractivity contribution in [2.75, 3.05) is 13.1 Å². The van der Waals surface area contributed by atoms with Gasteiger partial charge in [0.05, 0.1) is 13.1 Å². The standard InChI is InChI=1S/C6H15NO2/c1-4-7(9,5-2)6(3)8/h6,8H,4-5H2,1-3H3. The summed E-state index contributed by atoms with van der Waals surface area (Å²) in [5.41, 5.74) is 0. The Labute approximate surface area is 56.1 Å². The Kier molecular flexibility index (Phi) is 3.11. The van der Waals surface area contributed by atoms with Crippen molar-refractivity contribution >= 4 is 0 Å². The van der Waals surface area contributed by atoms with E-state index in [1.54, 1.807) is 13.8 Å². The molecule has 0 saturated carbocycles. The first-order valence-electron chi connectivity index (χ1n) is 3.32. The molecular weight excluding hydrogens is 118 g/mol. The number of hydrogen-bond donors (Lipinski definition) is 1. The van der Waals surface area contributed by atoms with Crippen LogP contribution in [0.1, 0.15) is 20.8 Å². The number of aliphatic hydroxyl groups excluding tert-OH is 1. The summed E-state index contributed by atoms with van der Waals surface area (Å²) in [6.45, 7) is 5.97. The van der Waals surface area contributed by atoms with E-state index in [-0.39, 0.29) is 0 Å². The van der Waals surface area contributed by atoms with Crippen molar-refractivity contribution in [3.8, 4) is 0 Å². The third kappa shape index (κ3) is 1.93. The Bertz CT molecular complexity index is 79.1. The first kappa shape index (κ1) is 8.88. The summed E-state index contributed by atoms with van der Waals surface area (Å²) >= 11 is 0. The molecule has 1 atom stereocenters. The fourth-order valence-corrected chi connectivity index (χ4v) is 0.752. The van der Waals surface area contributed by atoms with Gasteiger partial charge < -0.3 is 15.0 Å². The first-order chi connectivity index (χ1) is 4.06. The molecule has 3 heteroatoms. The number of nitrogens with zero attached hydrogens (tertiary/aromatic N) is 1. The van der Waals surface area contributed by atoms with Crippen molar-refractivity contribution < 1.29 is 9.75 Å². The Morgan fingerprint density at radius 2 is 1.78 bits per heavy atom.